The molecule has 0 fully saturated rings. The van der Waals surface area contributed by atoms with Crippen LogP contribution in [0.1, 0.15) is 19.4 Å². The van der Waals surface area contributed by atoms with Gasteiger partial charge in [-0.05, 0) is 29.8 Å². The van der Waals surface area contributed by atoms with Gasteiger partial charge in [0.1, 0.15) is 0 Å². The summed E-state index contributed by atoms with van der Waals surface area (Å²) in [4.78, 5) is 16.7. The maximum Gasteiger partial charge on any atom is 0.228 e. The summed E-state index contributed by atoms with van der Waals surface area (Å²) in [7, 11) is 0.889. The van der Waals surface area contributed by atoms with Crippen molar-refractivity contribution in [2.24, 2.45) is 0 Å². The fourth-order valence-electron chi connectivity index (χ4n) is 1.70. The van der Waals surface area contributed by atoms with Gasteiger partial charge in [-0.2, -0.15) is 4.98 Å². The lowest BCUT2D eigenvalue weighted by Crippen LogP contribution is -1.84. The minimum absolute atomic E-state index is 0.00627. The number of rotatable bonds is 2. The number of oxazole rings is 1. The first-order chi connectivity index (χ1) is 11.1. The predicted octanol–water partition coefficient (Wildman–Crippen LogP) is 3.30. The fraction of sp³-hybridized carbons (Fsp3) is 0.250. The van der Waals surface area contributed by atoms with Crippen LogP contribution in [-0.4, -0.2) is 27.0 Å². The second-order valence-corrected chi connectivity index (χ2v) is 4.14. The first-order valence-corrected chi connectivity index (χ1v) is 7.10. The third kappa shape index (κ3) is 5.48. The minimum atomic E-state index is -0.500. The van der Waals surface area contributed by atoms with Crippen molar-refractivity contribution in [3.05, 3.63) is 58.3 Å². The van der Waals surface area contributed by atoms with Gasteiger partial charge in [0.2, 0.25) is 5.89 Å². The second-order valence-electron chi connectivity index (χ2n) is 4.14. The van der Waals surface area contributed by atoms with Crippen LogP contribution in [0.25, 0.3) is 22.7 Å². The molecular weight excluding hydrogens is 298 g/mol. The largest absolute Gasteiger partial charge is 0.434 e. The molecule has 3 rings (SSSR count). The molecule has 122 valence electrons. The summed E-state index contributed by atoms with van der Waals surface area (Å²) in [6.45, 7) is 4.01. The third-order valence-electron chi connectivity index (χ3n) is 2.52. The van der Waals surface area contributed by atoms with Crippen molar-refractivity contribution in [2.75, 3.05) is 7.05 Å². The minimum Gasteiger partial charge on any atom is -0.434 e. The van der Waals surface area contributed by atoms with Crippen LogP contribution in [0.2, 0.25) is 0 Å². The van der Waals surface area contributed by atoms with Crippen LogP contribution in [0.5, 0.6) is 0 Å². The Balaban J connectivity index is 0.000000388. The summed E-state index contributed by atoms with van der Waals surface area (Å²) in [5, 5.41) is 17.9. The molecule has 0 aliphatic heterocycles. The van der Waals surface area contributed by atoms with Gasteiger partial charge in [-0.15, -0.1) is 0 Å². The van der Waals surface area contributed by atoms with Gasteiger partial charge in [-0.1, -0.05) is 26.0 Å². The second kappa shape index (κ2) is 9.26. The molecule has 0 spiro atoms. The average molecular weight is 317 g/mol. The summed E-state index contributed by atoms with van der Waals surface area (Å²) in [6.07, 6.45) is 1.68. The molecule has 2 heterocycles. The van der Waals surface area contributed by atoms with Gasteiger partial charge in [0.25, 0.3) is 0 Å². The summed E-state index contributed by atoms with van der Waals surface area (Å²) in [5.41, 5.74) is 2.93. The molecule has 0 aliphatic rings. The highest BCUT2D eigenvalue weighted by molar-refractivity contribution is 5.71. The fourth-order valence-corrected chi connectivity index (χ4v) is 1.70. The standard InChI is InChI=1S/C13H10N2O2.C2H6.CH3NO2/c16-8-9-3-1-4-10(7-9)13-15-12-11(17-13)5-2-6-14-12;1-2;1-2(3)4/h1-7,16H,8H2;1-2H3;1H3. The number of aliphatic hydroxyl groups is 1. The number of benzene rings is 1. The van der Waals surface area contributed by atoms with Gasteiger partial charge >= 0.3 is 0 Å². The normalized spacial score (nSPS) is 9.39. The van der Waals surface area contributed by atoms with E-state index in [2.05, 4.69) is 9.97 Å². The van der Waals surface area contributed by atoms with E-state index in [-0.39, 0.29) is 6.61 Å². The van der Waals surface area contributed by atoms with Crippen LogP contribution < -0.4 is 0 Å². The van der Waals surface area contributed by atoms with Gasteiger partial charge in [0.05, 0.1) is 6.61 Å². The van der Waals surface area contributed by atoms with Crippen LogP contribution in [0, 0.1) is 10.1 Å². The van der Waals surface area contributed by atoms with Crippen LogP contribution >= 0.6 is 0 Å². The zero-order valence-electron chi connectivity index (χ0n) is 13.3. The molecule has 0 radical (unpaired) electrons. The molecule has 7 nitrogen and oxygen atoms in total. The summed E-state index contributed by atoms with van der Waals surface area (Å²) in [6, 6.07) is 11.1. The van der Waals surface area contributed by atoms with Crippen molar-refractivity contribution in [3.63, 3.8) is 0 Å². The van der Waals surface area contributed by atoms with E-state index in [1.807, 2.05) is 44.2 Å². The molecule has 0 amide bonds. The number of aromatic nitrogens is 2. The topological polar surface area (TPSA) is 102 Å². The van der Waals surface area contributed by atoms with Crippen molar-refractivity contribution < 1.29 is 14.4 Å². The van der Waals surface area contributed by atoms with E-state index in [1.54, 1.807) is 12.3 Å². The zero-order chi connectivity index (χ0) is 17.2. The van der Waals surface area contributed by atoms with Crippen LogP contribution in [0.15, 0.2) is 47.0 Å². The lowest BCUT2D eigenvalue weighted by molar-refractivity contribution is -0.445. The molecule has 1 aromatic carbocycles. The molecule has 7 heteroatoms. The number of hydrogen-bond donors (Lipinski definition) is 1. The van der Waals surface area contributed by atoms with Gasteiger partial charge < -0.3 is 9.52 Å². The lowest BCUT2D eigenvalue weighted by atomic mass is 10.1. The van der Waals surface area contributed by atoms with Gasteiger partial charge in [-0.25, -0.2) is 4.98 Å². The number of nitro groups is 1. The van der Waals surface area contributed by atoms with E-state index < -0.39 is 4.92 Å². The smallest absolute Gasteiger partial charge is 0.228 e. The van der Waals surface area contributed by atoms with Gasteiger partial charge in [0, 0.05) is 16.7 Å². The number of hydrogen-bond acceptors (Lipinski definition) is 6. The molecule has 23 heavy (non-hydrogen) atoms. The Morgan fingerprint density at radius 1 is 1.26 bits per heavy atom. The Labute approximate surface area is 133 Å². The van der Waals surface area contributed by atoms with Crippen molar-refractivity contribution in [1.82, 2.24) is 9.97 Å². The van der Waals surface area contributed by atoms with E-state index in [1.165, 1.54) is 0 Å². The Morgan fingerprint density at radius 2 is 1.96 bits per heavy atom. The number of pyridine rings is 1. The molecule has 0 saturated carbocycles. The maximum atomic E-state index is 9.09. The maximum absolute atomic E-state index is 9.09. The van der Waals surface area contributed by atoms with Crippen molar-refractivity contribution in [1.29, 1.82) is 0 Å². The highest BCUT2D eigenvalue weighted by atomic mass is 16.6. The molecular formula is C16H19N3O4. The van der Waals surface area contributed by atoms with Crippen molar-refractivity contribution >= 4 is 11.2 Å². The predicted molar refractivity (Wildman–Crippen MR) is 87.4 cm³/mol. The van der Waals surface area contributed by atoms with E-state index in [0.717, 1.165) is 18.2 Å². The molecule has 0 atom stereocenters. The van der Waals surface area contributed by atoms with E-state index in [9.17, 15) is 0 Å². The number of fused-ring (bicyclic) bond motifs is 1. The number of aliphatic hydroxyl groups excluding tert-OH is 1. The van der Waals surface area contributed by atoms with Crippen LogP contribution in [-0.2, 0) is 6.61 Å². The first-order valence-electron chi connectivity index (χ1n) is 7.10. The van der Waals surface area contributed by atoms with Crippen LogP contribution in [0.4, 0.5) is 0 Å². The van der Waals surface area contributed by atoms with E-state index in [4.69, 9.17) is 19.6 Å². The monoisotopic (exact) mass is 317 g/mol. The molecule has 0 saturated heterocycles. The van der Waals surface area contributed by atoms with E-state index >= 15 is 0 Å². The van der Waals surface area contributed by atoms with Crippen molar-refractivity contribution in [3.8, 4) is 11.5 Å². The molecule has 0 bridgehead atoms. The summed E-state index contributed by atoms with van der Waals surface area (Å²) < 4.78 is 5.60. The average Bonchev–Trinajstić information content (AvgIpc) is 3.00. The van der Waals surface area contributed by atoms with Crippen LogP contribution in [0.3, 0.4) is 0 Å². The zero-order valence-corrected chi connectivity index (χ0v) is 13.3. The summed E-state index contributed by atoms with van der Waals surface area (Å²) >= 11 is 0. The third-order valence-corrected chi connectivity index (χ3v) is 2.52. The Kier molecular flexibility index (Phi) is 7.35. The van der Waals surface area contributed by atoms with Gasteiger partial charge in [-0.3, -0.25) is 10.1 Å². The first kappa shape index (κ1) is 18.2. The highest BCUT2D eigenvalue weighted by Crippen LogP contribution is 2.23. The molecule has 0 unspecified atom stereocenters. The molecule has 3 aromatic rings. The SMILES string of the molecule is CC.C[N+](=O)[O-].OCc1cccc(-c2nc3ncccc3o2)c1. The molecule has 2 aromatic heterocycles. The molecule has 1 N–H and O–H groups in total. The Hall–Kier alpha value is -2.80. The van der Waals surface area contributed by atoms with E-state index in [0.29, 0.717) is 17.1 Å². The highest BCUT2D eigenvalue weighted by Gasteiger charge is 2.08. The Bertz CT molecular complexity index is 719. The van der Waals surface area contributed by atoms with Crippen molar-refractivity contribution in [2.45, 2.75) is 20.5 Å². The molecule has 0 aliphatic carbocycles. The Morgan fingerprint density at radius 3 is 2.57 bits per heavy atom. The number of nitrogens with zero attached hydrogens (tertiary/aromatic N) is 3. The van der Waals surface area contributed by atoms with Gasteiger partial charge in [0.15, 0.2) is 18.3 Å². The summed E-state index contributed by atoms with van der Waals surface area (Å²) in [5.74, 6) is 0.522. The quantitative estimate of drug-likeness (QED) is 0.574. The lowest BCUT2D eigenvalue weighted by Gasteiger charge is -1.98.